The maximum atomic E-state index is 13.2. The Labute approximate surface area is 199 Å². The third-order valence-electron chi connectivity index (χ3n) is 5.57. The Morgan fingerprint density at radius 1 is 0.970 bits per heavy atom. The summed E-state index contributed by atoms with van der Waals surface area (Å²) in [6.45, 7) is 4.55. The quantitative estimate of drug-likeness (QED) is 0.639. The molecule has 2 aromatic rings. The van der Waals surface area contributed by atoms with Crippen LogP contribution in [0.3, 0.4) is 0 Å². The molecule has 10 heteroatoms. The molecule has 1 N–H and O–H groups in total. The minimum Gasteiger partial charge on any atom is -0.497 e. The Bertz CT molecular complexity index is 1080. The van der Waals surface area contributed by atoms with Gasteiger partial charge in [0, 0.05) is 36.8 Å². The van der Waals surface area contributed by atoms with Gasteiger partial charge in [-0.2, -0.15) is 4.31 Å². The van der Waals surface area contributed by atoms with Gasteiger partial charge in [0.25, 0.3) is 5.91 Å². The molecule has 1 aliphatic rings. The molecule has 2 aromatic carbocycles. The van der Waals surface area contributed by atoms with Gasteiger partial charge in [-0.15, -0.1) is 0 Å². The Balaban J connectivity index is 1.64. The molecule has 1 atom stereocenters. The highest BCUT2D eigenvalue weighted by Gasteiger charge is 2.34. The highest BCUT2D eigenvalue weighted by Crippen LogP contribution is 2.21. The molecule has 0 aliphatic carbocycles. The van der Waals surface area contributed by atoms with Crippen LogP contribution in [-0.2, 0) is 14.8 Å². The third-order valence-corrected chi connectivity index (χ3v) is 7.74. The zero-order valence-corrected chi connectivity index (χ0v) is 20.4. The average molecular weight is 494 g/mol. The highest BCUT2D eigenvalue weighted by atomic mass is 35.5. The summed E-state index contributed by atoms with van der Waals surface area (Å²) in [5.74, 6) is -0.0888. The lowest BCUT2D eigenvalue weighted by atomic mass is 10.0. The van der Waals surface area contributed by atoms with Crippen molar-refractivity contribution in [2.75, 3.05) is 33.3 Å². The third kappa shape index (κ3) is 5.85. The number of carbonyl (C=O) groups excluding carboxylic acids is 2. The van der Waals surface area contributed by atoms with E-state index in [1.165, 1.54) is 28.6 Å². The first-order valence-electron chi connectivity index (χ1n) is 10.6. The Morgan fingerprint density at radius 3 is 2.06 bits per heavy atom. The molecule has 1 saturated heterocycles. The fourth-order valence-corrected chi connectivity index (χ4v) is 5.13. The fourth-order valence-electron chi connectivity index (χ4n) is 3.58. The van der Waals surface area contributed by atoms with Crippen molar-refractivity contribution >= 4 is 33.4 Å². The molecule has 0 aromatic heterocycles. The fraction of sp³-hybridized carbons (Fsp3) is 0.391. The number of hydrogen-bond acceptors (Lipinski definition) is 5. The lowest BCUT2D eigenvalue weighted by molar-refractivity contribution is -0.135. The second kappa shape index (κ2) is 10.5. The second-order valence-electron chi connectivity index (χ2n) is 8.11. The normalized spacial score (nSPS) is 15.8. The summed E-state index contributed by atoms with van der Waals surface area (Å²) in [5, 5.41) is 3.28. The minimum atomic E-state index is -3.67. The molecule has 8 nitrogen and oxygen atoms in total. The second-order valence-corrected chi connectivity index (χ2v) is 10.5. The molecule has 1 fully saturated rings. The van der Waals surface area contributed by atoms with Crippen molar-refractivity contribution in [3.63, 3.8) is 0 Å². The Kier molecular flexibility index (Phi) is 7.99. The number of benzene rings is 2. The number of piperazine rings is 1. The van der Waals surface area contributed by atoms with E-state index in [4.69, 9.17) is 16.3 Å². The van der Waals surface area contributed by atoms with Gasteiger partial charge in [0.05, 0.1) is 12.0 Å². The Hall–Kier alpha value is -2.62. The number of rotatable bonds is 7. The van der Waals surface area contributed by atoms with E-state index in [0.29, 0.717) is 16.3 Å². The van der Waals surface area contributed by atoms with E-state index in [0.717, 1.165) is 0 Å². The van der Waals surface area contributed by atoms with Gasteiger partial charge in [-0.25, -0.2) is 8.42 Å². The smallest absolute Gasteiger partial charge is 0.251 e. The first-order chi connectivity index (χ1) is 15.6. The van der Waals surface area contributed by atoms with Crippen LogP contribution in [0.1, 0.15) is 24.2 Å². The molecule has 0 saturated carbocycles. The monoisotopic (exact) mass is 493 g/mol. The van der Waals surface area contributed by atoms with E-state index in [2.05, 4.69) is 5.32 Å². The van der Waals surface area contributed by atoms with Crippen LogP contribution in [0.5, 0.6) is 5.75 Å². The van der Waals surface area contributed by atoms with Crippen molar-refractivity contribution in [3.8, 4) is 5.75 Å². The standard InChI is InChI=1S/C23H28ClN3O5S/c1-16(2)21(25-22(28)17-4-8-19(32-3)9-5-17)23(29)26-12-14-27(15-13-26)33(30,31)20-10-6-18(24)7-11-20/h4-11,16,21H,12-15H2,1-3H3,(H,25,28)/t21-/m1/s1. The molecule has 178 valence electrons. The van der Waals surface area contributed by atoms with Crippen LogP contribution in [0.4, 0.5) is 0 Å². The molecule has 1 heterocycles. The first-order valence-corrected chi connectivity index (χ1v) is 12.4. The minimum absolute atomic E-state index is 0.143. The lowest BCUT2D eigenvalue weighted by Gasteiger charge is -2.36. The number of amides is 2. The number of sulfonamides is 1. The van der Waals surface area contributed by atoms with Crippen LogP contribution in [0.25, 0.3) is 0 Å². The van der Waals surface area contributed by atoms with Gasteiger partial charge in [-0.05, 0) is 54.4 Å². The van der Waals surface area contributed by atoms with Crippen molar-refractivity contribution in [1.29, 1.82) is 0 Å². The van der Waals surface area contributed by atoms with Crippen LogP contribution in [0.15, 0.2) is 53.4 Å². The van der Waals surface area contributed by atoms with E-state index < -0.39 is 16.1 Å². The van der Waals surface area contributed by atoms with Crippen LogP contribution in [0.2, 0.25) is 5.02 Å². The van der Waals surface area contributed by atoms with Crippen molar-refractivity contribution in [1.82, 2.24) is 14.5 Å². The summed E-state index contributed by atoms with van der Waals surface area (Å²) in [5.41, 5.74) is 0.424. The number of nitrogens with one attached hydrogen (secondary N) is 1. The highest BCUT2D eigenvalue weighted by molar-refractivity contribution is 7.89. The molecule has 3 rings (SSSR count). The molecule has 33 heavy (non-hydrogen) atoms. The summed E-state index contributed by atoms with van der Waals surface area (Å²) < 4.78 is 32.2. The number of hydrogen-bond donors (Lipinski definition) is 1. The van der Waals surface area contributed by atoms with Crippen LogP contribution in [-0.4, -0.2) is 68.8 Å². The number of methoxy groups -OCH3 is 1. The maximum Gasteiger partial charge on any atom is 0.251 e. The van der Waals surface area contributed by atoms with E-state index in [9.17, 15) is 18.0 Å². The summed E-state index contributed by atoms with van der Waals surface area (Å²) in [6.07, 6.45) is 0. The van der Waals surface area contributed by atoms with E-state index in [1.54, 1.807) is 36.3 Å². The number of nitrogens with zero attached hydrogens (tertiary/aromatic N) is 2. The molecule has 0 bridgehead atoms. The SMILES string of the molecule is COc1ccc(C(=O)N[C@@H](C(=O)N2CCN(S(=O)(=O)c3ccc(Cl)cc3)CC2)C(C)C)cc1. The van der Waals surface area contributed by atoms with E-state index in [-0.39, 0.29) is 48.8 Å². The van der Waals surface area contributed by atoms with Crippen molar-refractivity contribution in [3.05, 3.63) is 59.1 Å². The molecule has 0 unspecified atom stereocenters. The first kappa shape index (κ1) is 25.0. The topological polar surface area (TPSA) is 96.0 Å². The molecule has 0 spiro atoms. The van der Waals surface area contributed by atoms with E-state index >= 15 is 0 Å². The van der Waals surface area contributed by atoms with Gasteiger partial charge >= 0.3 is 0 Å². The van der Waals surface area contributed by atoms with Gasteiger partial charge in [0.15, 0.2) is 0 Å². The molecule has 2 amide bonds. The van der Waals surface area contributed by atoms with E-state index in [1.807, 2.05) is 13.8 Å². The van der Waals surface area contributed by atoms with Gasteiger partial charge in [-0.3, -0.25) is 9.59 Å². The van der Waals surface area contributed by atoms with Gasteiger partial charge < -0.3 is 15.0 Å². The molecular formula is C23H28ClN3O5S. The van der Waals surface area contributed by atoms with Gasteiger partial charge in [0.1, 0.15) is 11.8 Å². The summed E-state index contributed by atoms with van der Waals surface area (Å²) in [7, 11) is -2.12. The van der Waals surface area contributed by atoms with Crippen molar-refractivity contribution < 1.29 is 22.7 Å². The van der Waals surface area contributed by atoms with Gasteiger partial charge in [-0.1, -0.05) is 25.4 Å². The maximum absolute atomic E-state index is 13.2. The number of carbonyl (C=O) groups is 2. The zero-order valence-electron chi connectivity index (χ0n) is 18.8. The number of ether oxygens (including phenoxy) is 1. The summed E-state index contributed by atoms with van der Waals surface area (Å²) >= 11 is 5.86. The van der Waals surface area contributed by atoms with Crippen LogP contribution >= 0.6 is 11.6 Å². The van der Waals surface area contributed by atoms with Crippen molar-refractivity contribution in [2.45, 2.75) is 24.8 Å². The van der Waals surface area contributed by atoms with Gasteiger partial charge in [0.2, 0.25) is 15.9 Å². The largest absolute Gasteiger partial charge is 0.497 e. The zero-order chi connectivity index (χ0) is 24.2. The molecule has 0 radical (unpaired) electrons. The molecular weight excluding hydrogens is 466 g/mol. The average Bonchev–Trinajstić information content (AvgIpc) is 2.82. The lowest BCUT2D eigenvalue weighted by Crippen LogP contribution is -2.57. The molecule has 1 aliphatic heterocycles. The predicted molar refractivity (Wildman–Crippen MR) is 126 cm³/mol. The Morgan fingerprint density at radius 2 is 1.55 bits per heavy atom. The van der Waals surface area contributed by atoms with Crippen LogP contribution < -0.4 is 10.1 Å². The summed E-state index contributed by atoms with van der Waals surface area (Å²) in [6, 6.07) is 11.9. The predicted octanol–water partition coefficient (Wildman–Crippen LogP) is 2.64. The van der Waals surface area contributed by atoms with Crippen LogP contribution in [0, 0.1) is 5.92 Å². The number of halogens is 1. The van der Waals surface area contributed by atoms with Crippen molar-refractivity contribution in [2.24, 2.45) is 5.92 Å². The summed E-state index contributed by atoms with van der Waals surface area (Å²) in [4.78, 5) is 27.6.